The van der Waals surface area contributed by atoms with Crippen LogP contribution in [0.25, 0.3) is 0 Å². The fourth-order valence-corrected chi connectivity index (χ4v) is 0.794. The van der Waals surface area contributed by atoms with Gasteiger partial charge < -0.3 is 31.2 Å². The van der Waals surface area contributed by atoms with Crippen molar-refractivity contribution >= 4 is 5.78 Å². The number of ketones is 1. The Morgan fingerprint density at radius 1 is 0.938 bits per heavy atom. The van der Waals surface area contributed by atoms with Crippen LogP contribution in [-0.2, 0) is 4.79 Å². The summed E-state index contributed by atoms with van der Waals surface area (Å²) in [5, 5.41) is 66.7. The molecule has 0 bridgehead atoms. The van der Waals surface area contributed by atoms with Crippen LogP contribution in [0.1, 0.15) is 6.92 Å². The first-order chi connectivity index (χ1) is 7.39. The van der Waals surface area contributed by atoms with Gasteiger partial charge in [0.2, 0.25) is 0 Å². The lowest BCUT2D eigenvalue weighted by Crippen LogP contribution is -2.59. The molecular formula is C3H3N6O7-3. The first-order valence-electron chi connectivity index (χ1n) is 3.32. The number of nitrogens with zero attached hydrogens (tertiary/aromatic N) is 6. The maximum absolute atomic E-state index is 10.9. The van der Waals surface area contributed by atoms with E-state index in [1.165, 1.54) is 0 Å². The van der Waals surface area contributed by atoms with Crippen LogP contribution in [0.3, 0.4) is 0 Å². The van der Waals surface area contributed by atoms with Gasteiger partial charge in [-0.05, 0) is 15.8 Å². The lowest BCUT2D eigenvalue weighted by molar-refractivity contribution is -0.979. The standard InChI is InChI=1S/C3H6N6O7/c1-2(10)3(7(14)4-11,8(15)5-12)9(16)6-13/h11-13H,1H3/p-3/b7-4-,8-5-,9-6-. The van der Waals surface area contributed by atoms with Crippen LogP contribution in [0.15, 0.2) is 15.8 Å². The van der Waals surface area contributed by atoms with E-state index < -0.39 is 26.2 Å². The normalized spacial score (nSPS) is 14.9. The van der Waals surface area contributed by atoms with E-state index in [0.29, 0.717) is 6.92 Å². The number of carbonyl (C=O) groups is 1. The summed E-state index contributed by atoms with van der Waals surface area (Å²) in [4.78, 5) is 7.06. The van der Waals surface area contributed by atoms with Gasteiger partial charge in [-0.1, -0.05) is 0 Å². The number of hydroxylamine groups is 3. The molecule has 0 unspecified atom stereocenters. The highest BCUT2D eigenvalue weighted by Gasteiger charge is 2.69. The van der Waals surface area contributed by atoms with E-state index in [1.807, 2.05) is 0 Å². The quantitative estimate of drug-likeness (QED) is 0.272. The lowest BCUT2D eigenvalue weighted by atomic mass is 10.2. The molecule has 0 aliphatic carbocycles. The Labute approximate surface area is 86.1 Å². The van der Waals surface area contributed by atoms with Crippen molar-refractivity contribution < 1.29 is 19.4 Å². The fourth-order valence-electron chi connectivity index (χ4n) is 0.794. The van der Waals surface area contributed by atoms with Crippen molar-refractivity contribution in [3.8, 4) is 0 Å². The Morgan fingerprint density at radius 3 is 1.31 bits per heavy atom. The molecule has 16 heavy (non-hydrogen) atoms. The SMILES string of the molecule is CC(=O)C(/[N+]([O-])=N/[O-])(/[N+]([O-])=N/[O-])/[N+]([O-])=N/[O-]. The maximum Gasteiger partial charge on any atom is 0.704 e. The first kappa shape index (κ1) is 13.3. The number of Topliss-reactive ketones (excluding diaryl/α,β-unsaturated/α-hetero) is 1. The molecular weight excluding hydrogens is 232 g/mol. The van der Waals surface area contributed by atoms with Gasteiger partial charge in [0.15, 0.2) is 0 Å². The predicted octanol–water partition coefficient (Wildman–Crippen LogP) is -0.390. The van der Waals surface area contributed by atoms with Gasteiger partial charge in [0, 0.05) is 6.92 Å². The van der Waals surface area contributed by atoms with Crippen LogP contribution in [0.4, 0.5) is 0 Å². The first-order valence-corrected chi connectivity index (χ1v) is 3.32. The Balaban J connectivity index is 6.13. The third-order valence-corrected chi connectivity index (χ3v) is 1.50. The van der Waals surface area contributed by atoms with Gasteiger partial charge in [0.05, 0.1) is 14.6 Å². The molecule has 0 amide bonds. The topological polar surface area (TPSA) is 202 Å². The maximum atomic E-state index is 10.9. The van der Waals surface area contributed by atoms with Crippen molar-refractivity contribution in [2.75, 3.05) is 0 Å². The van der Waals surface area contributed by atoms with Gasteiger partial charge in [-0.25, -0.2) is 0 Å². The summed E-state index contributed by atoms with van der Waals surface area (Å²) in [5.74, 6) is -5.36. The molecule has 0 heterocycles. The van der Waals surface area contributed by atoms with Crippen molar-refractivity contribution in [2.24, 2.45) is 15.8 Å². The van der Waals surface area contributed by atoms with E-state index in [-0.39, 0.29) is 0 Å². The second-order valence-electron chi connectivity index (χ2n) is 2.26. The van der Waals surface area contributed by atoms with E-state index in [2.05, 4.69) is 0 Å². The summed E-state index contributed by atoms with van der Waals surface area (Å²) in [5.41, 5.74) is 0. The Hall–Kier alpha value is -2.73. The smallest absolute Gasteiger partial charge is 0.704 e. The molecule has 0 aromatic heterocycles. The van der Waals surface area contributed by atoms with Gasteiger partial charge in [-0.3, -0.25) is 4.79 Å². The minimum atomic E-state index is -3.72. The third kappa shape index (κ3) is 1.60. The molecule has 0 rings (SSSR count). The van der Waals surface area contributed by atoms with E-state index in [9.17, 15) is 36.0 Å². The molecule has 0 radical (unpaired) electrons. The van der Waals surface area contributed by atoms with Crippen LogP contribution < -0.4 is 0 Å². The highest BCUT2D eigenvalue weighted by molar-refractivity contribution is 5.80. The molecule has 0 aromatic rings. The van der Waals surface area contributed by atoms with Crippen LogP contribution in [0.5, 0.6) is 0 Å². The Kier molecular flexibility index (Phi) is 3.87. The molecule has 13 heteroatoms. The fraction of sp³-hybridized carbons (Fsp3) is 0.667. The molecule has 0 spiro atoms. The van der Waals surface area contributed by atoms with E-state index in [4.69, 9.17) is 0 Å². The lowest BCUT2D eigenvalue weighted by Gasteiger charge is -2.19. The largest absolute Gasteiger partial charge is 0.739 e. The number of rotatable bonds is 4. The number of hydrogen-bond donors (Lipinski definition) is 0. The van der Waals surface area contributed by atoms with Crippen molar-refractivity contribution in [2.45, 2.75) is 12.7 Å². The summed E-state index contributed by atoms with van der Waals surface area (Å²) >= 11 is 0. The molecule has 0 atom stereocenters. The Bertz CT molecular complexity index is 327. The molecule has 90 valence electrons. The highest BCUT2D eigenvalue weighted by Crippen LogP contribution is 2.16. The zero-order valence-electron chi connectivity index (χ0n) is 7.54. The van der Waals surface area contributed by atoms with E-state index in [1.54, 1.807) is 15.8 Å². The summed E-state index contributed by atoms with van der Waals surface area (Å²) in [7, 11) is 0. The average Bonchev–Trinajstić information content (AvgIpc) is 2.28. The average molecular weight is 235 g/mol. The summed E-state index contributed by atoms with van der Waals surface area (Å²) in [6.45, 7) is 0.474. The molecule has 0 saturated heterocycles. The molecule has 0 fully saturated rings. The molecule has 0 aliphatic heterocycles. The zero-order chi connectivity index (χ0) is 12.9. The molecule has 0 N–H and O–H groups in total. The van der Waals surface area contributed by atoms with Gasteiger partial charge >= 0.3 is 11.6 Å². The molecule has 0 saturated carbocycles. The highest BCUT2D eigenvalue weighted by atomic mass is 16.7. The van der Waals surface area contributed by atoms with Crippen molar-refractivity contribution in [1.29, 1.82) is 0 Å². The van der Waals surface area contributed by atoms with Gasteiger partial charge in [-0.15, -0.1) is 0 Å². The zero-order valence-corrected chi connectivity index (χ0v) is 7.54. The van der Waals surface area contributed by atoms with Crippen LogP contribution in [0, 0.1) is 31.2 Å². The summed E-state index contributed by atoms with van der Waals surface area (Å²) in [6.07, 6.45) is 0. The van der Waals surface area contributed by atoms with E-state index >= 15 is 0 Å². The molecule has 0 aromatic carbocycles. The van der Waals surface area contributed by atoms with Gasteiger partial charge in [-0.2, -0.15) is 0 Å². The number of carbonyl (C=O) groups excluding carboxylic acids is 1. The van der Waals surface area contributed by atoms with Gasteiger partial charge in [0.25, 0.3) is 0 Å². The third-order valence-electron chi connectivity index (χ3n) is 1.50. The van der Waals surface area contributed by atoms with Crippen molar-refractivity contribution in [3.63, 3.8) is 0 Å². The monoisotopic (exact) mass is 235 g/mol. The summed E-state index contributed by atoms with van der Waals surface area (Å²) < 4.78 is 0. The molecule has 13 nitrogen and oxygen atoms in total. The van der Waals surface area contributed by atoms with Crippen LogP contribution in [0.2, 0.25) is 0 Å². The summed E-state index contributed by atoms with van der Waals surface area (Å²) in [6, 6.07) is 0. The predicted molar refractivity (Wildman–Crippen MR) is 41.7 cm³/mol. The minimum Gasteiger partial charge on any atom is -0.739 e. The molecule has 0 aliphatic rings. The second kappa shape index (κ2) is 4.67. The Morgan fingerprint density at radius 2 is 1.19 bits per heavy atom. The van der Waals surface area contributed by atoms with Crippen LogP contribution in [-0.4, -0.2) is 26.2 Å². The van der Waals surface area contributed by atoms with Gasteiger partial charge in [0.1, 0.15) is 0 Å². The number of hydrogen-bond acceptors (Lipinski definition) is 10. The van der Waals surface area contributed by atoms with Crippen molar-refractivity contribution in [3.05, 3.63) is 31.2 Å². The second-order valence-corrected chi connectivity index (χ2v) is 2.26. The van der Waals surface area contributed by atoms with Crippen LogP contribution >= 0.6 is 0 Å². The minimum absolute atomic E-state index is 0.474. The van der Waals surface area contributed by atoms with Crippen molar-refractivity contribution in [1.82, 2.24) is 0 Å². The van der Waals surface area contributed by atoms with E-state index in [0.717, 1.165) is 0 Å².